The largest absolute Gasteiger partial charge is 0.353 e. The van der Waals surface area contributed by atoms with Crippen molar-refractivity contribution in [3.63, 3.8) is 0 Å². The molecule has 1 aromatic carbocycles. The Balaban J connectivity index is 1.55. The van der Waals surface area contributed by atoms with Crippen molar-refractivity contribution in [2.75, 3.05) is 5.75 Å². The molecule has 0 bridgehead atoms. The van der Waals surface area contributed by atoms with Gasteiger partial charge in [0.2, 0.25) is 5.91 Å². The summed E-state index contributed by atoms with van der Waals surface area (Å²) in [5.41, 5.74) is 0.718. The second kappa shape index (κ2) is 8.42. The lowest BCUT2D eigenvalue weighted by Crippen LogP contribution is -2.38. The number of rotatable bonds is 5. The van der Waals surface area contributed by atoms with Crippen LogP contribution in [0.3, 0.4) is 0 Å². The van der Waals surface area contributed by atoms with Gasteiger partial charge in [0.05, 0.1) is 11.4 Å². The Morgan fingerprint density at radius 1 is 1.36 bits per heavy atom. The number of thioether (sulfide) groups is 1. The number of carbonyl (C=O) groups is 1. The van der Waals surface area contributed by atoms with Crippen molar-refractivity contribution in [2.24, 2.45) is 5.92 Å². The van der Waals surface area contributed by atoms with Gasteiger partial charge in [-0.2, -0.15) is 0 Å². The number of hydrogen-bond acceptors (Lipinski definition) is 5. The van der Waals surface area contributed by atoms with Gasteiger partial charge in [0, 0.05) is 6.04 Å². The summed E-state index contributed by atoms with van der Waals surface area (Å²) < 4.78 is 15.9. The van der Waals surface area contributed by atoms with Crippen LogP contribution < -0.4 is 5.32 Å². The molecule has 1 saturated carbocycles. The normalized spacial score (nSPS) is 20.4. The highest BCUT2D eigenvalue weighted by Gasteiger charge is 2.20. The van der Waals surface area contributed by atoms with Crippen molar-refractivity contribution >= 4 is 41.2 Å². The lowest BCUT2D eigenvalue weighted by Gasteiger charge is -2.26. The fourth-order valence-corrected chi connectivity index (χ4v) is 5.04. The summed E-state index contributed by atoms with van der Waals surface area (Å²) in [6.45, 7) is 2.26. The maximum absolute atomic E-state index is 13.0. The van der Waals surface area contributed by atoms with Gasteiger partial charge in [-0.15, -0.1) is 5.10 Å². The number of halogens is 1. The second-order valence-electron chi connectivity index (χ2n) is 6.34. The molecule has 0 aliphatic heterocycles. The highest BCUT2D eigenvalue weighted by Crippen LogP contribution is 2.25. The van der Waals surface area contributed by atoms with Crippen LogP contribution in [0.5, 0.6) is 0 Å². The molecule has 3 rings (SSSR count). The van der Waals surface area contributed by atoms with Crippen molar-refractivity contribution in [1.29, 1.82) is 0 Å². The van der Waals surface area contributed by atoms with Crippen LogP contribution >= 0.6 is 35.3 Å². The lowest BCUT2D eigenvalue weighted by molar-refractivity contribution is -0.119. The molecule has 1 aliphatic carbocycles. The second-order valence-corrected chi connectivity index (χ2v) is 9.18. The number of nitrogens with zero attached hydrogens (tertiary/aromatic N) is 2. The van der Waals surface area contributed by atoms with Crippen molar-refractivity contribution in [3.05, 3.63) is 34.0 Å². The van der Waals surface area contributed by atoms with Crippen LogP contribution in [-0.2, 0) is 4.79 Å². The van der Waals surface area contributed by atoms with E-state index in [1.165, 1.54) is 48.1 Å². The minimum absolute atomic E-state index is 0.0407. The first kappa shape index (κ1) is 18.5. The SMILES string of the molecule is CC1CCC(NC(=O)CSc2nn(-c3ccc(F)cc3)c(=S)s2)CC1. The summed E-state index contributed by atoms with van der Waals surface area (Å²) in [4.78, 5) is 12.1. The van der Waals surface area contributed by atoms with Crippen LogP contribution in [0, 0.1) is 15.7 Å². The van der Waals surface area contributed by atoms with Crippen molar-refractivity contribution in [3.8, 4) is 5.69 Å². The Kier molecular flexibility index (Phi) is 6.24. The molecule has 0 unspecified atom stereocenters. The van der Waals surface area contributed by atoms with E-state index in [9.17, 15) is 9.18 Å². The van der Waals surface area contributed by atoms with E-state index < -0.39 is 0 Å². The van der Waals surface area contributed by atoms with E-state index in [0.717, 1.165) is 28.8 Å². The monoisotopic (exact) mass is 397 g/mol. The zero-order chi connectivity index (χ0) is 17.8. The molecule has 4 nitrogen and oxygen atoms in total. The highest BCUT2D eigenvalue weighted by molar-refractivity contribution is 8.01. The third-order valence-electron chi connectivity index (χ3n) is 4.31. The van der Waals surface area contributed by atoms with Gasteiger partial charge in [0.25, 0.3) is 0 Å². The van der Waals surface area contributed by atoms with Gasteiger partial charge < -0.3 is 5.32 Å². The number of aromatic nitrogens is 2. The molecule has 1 fully saturated rings. The molecule has 0 spiro atoms. The van der Waals surface area contributed by atoms with E-state index in [0.29, 0.717) is 15.7 Å². The van der Waals surface area contributed by atoms with Crippen LogP contribution in [-0.4, -0.2) is 27.5 Å². The van der Waals surface area contributed by atoms with Crippen LogP contribution in [0.1, 0.15) is 32.6 Å². The number of benzene rings is 1. The highest BCUT2D eigenvalue weighted by atomic mass is 32.2. The van der Waals surface area contributed by atoms with E-state index in [1.54, 1.807) is 16.8 Å². The van der Waals surface area contributed by atoms with Crippen LogP contribution in [0.4, 0.5) is 4.39 Å². The molecule has 1 amide bonds. The summed E-state index contributed by atoms with van der Waals surface area (Å²) >= 11 is 8.06. The van der Waals surface area contributed by atoms with Crippen molar-refractivity contribution in [2.45, 2.75) is 43.0 Å². The van der Waals surface area contributed by atoms with Gasteiger partial charge in [-0.25, -0.2) is 9.07 Å². The van der Waals surface area contributed by atoms with E-state index in [1.807, 2.05) is 0 Å². The maximum Gasteiger partial charge on any atom is 0.230 e. The Bertz CT molecular complexity index is 779. The summed E-state index contributed by atoms with van der Waals surface area (Å²) in [6, 6.07) is 6.33. The fourth-order valence-electron chi connectivity index (χ4n) is 2.87. The van der Waals surface area contributed by atoms with Crippen molar-refractivity contribution in [1.82, 2.24) is 15.1 Å². The molecule has 1 heterocycles. The van der Waals surface area contributed by atoms with Gasteiger partial charge in [-0.3, -0.25) is 4.79 Å². The molecule has 1 aromatic heterocycles. The summed E-state index contributed by atoms with van der Waals surface area (Å²) in [5, 5.41) is 7.54. The average molecular weight is 398 g/mol. The quantitative estimate of drug-likeness (QED) is 0.592. The standard InChI is InChI=1S/C17H20FN3OS3/c1-11-2-6-13(7-3-11)19-15(22)10-24-16-20-21(17(23)25-16)14-8-4-12(18)5-9-14/h4-5,8-9,11,13H,2-3,6-7,10H2,1H3,(H,19,22). The zero-order valence-corrected chi connectivity index (χ0v) is 16.4. The van der Waals surface area contributed by atoms with Crippen LogP contribution in [0.15, 0.2) is 28.6 Å². The maximum atomic E-state index is 13.0. The first-order valence-corrected chi connectivity index (χ1v) is 10.5. The number of carbonyl (C=O) groups excluding carboxylic acids is 1. The molecule has 25 heavy (non-hydrogen) atoms. The molecule has 1 N–H and O–H groups in total. The van der Waals surface area contributed by atoms with E-state index in [-0.39, 0.29) is 11.7 Å². The number of nitrogens with one attached hydrogen (secondary N) is 1. The summed E-state index contributed by atoms with van der Waals surface area (Å²) in [5.74, 6) is 0.843. The third kappa shape index (κ3) is 5.12. The van der Waals surface area contributed by atoms with Crippen LogP contribution in [0.25, 0.3) is 5.69 Å². The molecule has 0 radical (unpaired) electrons. The van der Waals surface area contributed by atoms with E-state index >= 15 is 0 Å². The third-order valence-corrected chi connectivity index (χ3v) is 6.67. The molecule has 8 heteroatoms. The van der Waals surface area contributed by atoms with Crippen LogP contribution in [0.2, 0.25) is 0 Å². The lowest BCUT2D eigenvalue weighted by atomic mass is 9.87. The van der Waals surface area contributed by atoms with E-state index in [4.69, 9.17) is 12.2 Å². The Morgan fingerprint density at radius 3 is 2.72 bits per heavy atom. The fraction of sp³-hybridized carbons (Fsp3) is 0.471. The molecule has 2 aromatic rings. The Morgan fingerprint density at radius 2 is 2.04 bits per heavy atom. The smallest absolute Gasteiger partial charge is 0.230 e. The topological polar surface area (TPSA) is 46.9 Å². The van der Waals surface area contributed by atoms with Gasteiger partial charge >= 0.3 is 0 Å². The zero-order valence-electron chi connectivity index (χ0n) is 13.9. The minimum Gasteiger partial charge on any atom is -0.353 e. The molecule has 1 aliphatic rings. The van der Waals surface area contributed by atoms with Gasteiger partial charge in [0.15, 0.2) is 8.29 Å². The first-order valence-electron chi connectivity index (χ1n) is 8.29. The van der Waals surface area contributed by atoms with Gasteiger partial charge in [0.1, 0.15) is 5.82 Å². The molecule has 0 saturated heterocycles. The molecule has 0 atom stereocenters. The molecule has 134 valence electrons. The Labute approximate surface area is 159 Å². The van der Waals surface area contributed by atoms with Gasteiger partial charge in [-0.1, -0.05) is 30.0 Å². The molecular weight excluding hydrogens is 377 g/mol. The van der Waals surface area contributed by atoms with E-state index in [2.05, 4.69) is 17.3 Å². The minimum atomic E-state index is -0.297. The number of hydrogen-bond donors (Lipinski definition) is 1. The first-order chi connectivity index (χ1) is 12.0. The predicted octanol–water partition coefficient (Wildman–Crippen LogP) is 4.59. The summed E-state index contributed by atoms with van der Waals surface area (Å²) in [7, 11) is 0. The van der Waals surface area contributed by atoms with Gasteiger partial charge in [-0.05, 0) is 68.1 Å². The molecular formula is C17H20FN3OS3. The van der Waals surface area contributed by atoms with Crippen molar-refractivity contribution < 1.29 is 9.18 Å². The summed E-state index contributed by atoms with van der Waals surface area (Å²) in [6.07, 6.45) is 4.49. The predicted molar refractivity (Wildman–Crippen MR) is 103 cm³/mol. The average Bonchev–Trinajstić information content (AvgIpc) is 2.97. The number of amides is 1. The Hall–Kier alpha value is -1.25.